The number of piperidine rings is 1. The van der Waals surface area contributed by atoms with Crippen molar-refractivity contribution in [3.05, 3.63) is 0 Å². The zero-order chi connectivity index (χ0) is 10.6. The fourth-order valence-electron chi connectivity index (χ4n) is 1.70. The molecule has 1 amide bonds. The third-order valence-corrected chi connectivity index (χ3v) is 3.14. The van der Waals surface area contributed by atoms with Gasteiger partial charge in [0.05, 0.1) is 6.10 Å². The fourth-order valence-corrected chi connectivity index (χ4v) is 1.84. The molecule has 0 saturated carbocycles. The van der Waals surface area contributed by atoms with E-state index in [4.69, 9.17) is 16.3 Å². The van der Waals surface area contributed by atoms with Crippen LogP contribution in [0.4, 0.5) is 0 Å². The van der Waals surface area contributed by atoms with Gasteiger partial charge in [0.1, 0.15) is 5.38 Å². The molecule has 1 rings (SSSR count). The minimum Gasteiger partial charge on any atom is -0.380 e. The molecule has 1 fully saturated rings. The van der Waals surface area contributed by atoms with E-state index in [9.17, 15) is 4.79 Å². The third-order valence-electron chi connectivity index (χ3n) is 2.65. The highest BCUT2D eigenvalue weighted by Crippen LogP contribution is 2.15. The first-order valence-corrected chi connectivity index (χ1v) is 5.58. The van der Waals surface area contributed by atoms with E-state index in [-0.39, 0.29) is 17.4 Å². The summed E-state index contributed by atoms with van der Waals surface area (Å²) in [6.45, 7) is 3.44. The second-order valence-corrected chi connectivity index (χ2v) is 4.19. The molecule has 0 radical (unpaired) electrons. The van der Waals surface area contributed by atoms with Crippen LogP contribution in [0.25, 0.3) is 0 Å². The molecule has 1 saturated heterocycles. The summed E-state index contributed by atoms with van der Waals surface area (Å²) in [5, 5.41) is -0.370. The van der Waals surface area contributed by atoms with Crippen molar-refractivity contribution in [1.82, 2.24) is 4.90 Å². The number of carbonyl (C=O) groups excluding carboxylic acids is 1. The van der Waals surface area contributed by atoms with Crippen molar-refractivity contribution >= 4 is 17.5 Å². The highest BCUT2D eigenvalue weighted by atomic mass is 35.5. The number of hydrogen-bond acceptors (Lipinski definition) is 2. The predicted octanol–water partition coefficient (Wildman–Crippen LogP) is 1.64. The number of nitrogens with zero attached hydrogens (tertiary/aromatic N) is 1. The minimum atomic E-state index is -0.370. The number of ether oxygens (including phenoxy) is 1. The van der Waals surface area contributed by atoms with Gasteiger partial charge in [-0.05, 0) is 19.3 Å². The van der Waals surface area contributed by atoms with E-state index < -0.39 is 0 Å². The van der Waals surface area contributed by atoms with E-state index in [1.54, 1.807) is 7.11 Å². The van der Waals surface area contributed by atoms with Gasteiger partial charge in [0.25, 0.3) is 0 Å². The SMILES string of the molecule is CC[C@H](Cl)C(=O)N1CCC[C@@H](OC)C1. The number of hydrogen-bond donors (Lipinski definition) is 0. The lowest BCUT2D eigenvalue weighted by Crippen LogP contribution is -2.45. The zero-order valence-corrected chi connectivity index (χ0v) is 9.59. The lowest BCUT2D eigenvalue weighted by molar-refractivity contribution is -0.134. The van der Waals surface area contributed by atoms with Gasteiger partial charge in [0.15, 0.2) is 0 Å². The number of methoxy groups -OCH3 is 1. The van der Waals surface area contributed by atoms with Crippen LogP contribution in [0.5, 0.6) is 0 Å². The van der Waals surface area contributed by atoms with Crippen molar-refractivity contribution in [2.24, 2.45) is 0 Å². The number of halogens is 1. The number of amides is 1. The van der Waals surface area contributed by atoms with Crippen LogP contribution < -0.4 is 0 Å². The summed E-state index contributed by atoms with van der Waals surface area (Å²) in [7, 11) is 1.69. The molecule has 0 N–H and O–H groups in total. The van der Waals surface area contributed by atoms with Gasteiger partial charge in [0.2, 0.25) is 5.91 Å². The van der Waals surface area contributed by atoms with E-state index >= 15 is 0 Å². The largest absolute Gasteiger partial charge is 0.380 e. The molecular weight excluding hydrogens is 202 g/mol. The van der Waals surface area contributed by atoms with Crippen LogP contribution in [0.15, 0.2) is 0 Å². The highest BCUT2D eigenvalue weighted by Gasteiger charge is 2.26. The summed E-state index contributed by atoms with van der Waals surface area (Å²) >= 11 is 5.91. The molecule has 1 aliphatic heterocycles. The molecule has 0 bridgehead atoms. The second-order valence-electron chi connectivity index (χ2n) is 3.66. The Labute approximate surface area is 90.4 Å². The third kappa shape index (κ3) is 2.85. The van der Waals surface area contributed by atoms with E-state index in [0.717, 1.165) is 19.4 Å². The van der Waals surface area contributed by atoms with Crippen molar-refractivity contribution in [3.63, 3.8) is 0 Å². The molecule has 0 aromatic rings. The number of carbonyl (C=O) groups is 1. The average Bonchev–Trinajstić information content (AvgIpc) is 2.27. The van der Waals surface area contributed by atoms with E-state index in [2.05, 4.69) is 0 Å². The average molecular weight is 220 g/mol. The first-order chi connectivity index (χ1) is 6.69. The van der Waals surface area contributed by atoms with E-state index in [0.29, 0.717) is 13.0 Å². The van der Waals surface area contributed by atoms with E-state index in [1.807, 2.05) is 11.8 Å². The van der Waals surface area contributed by atoms with Crippen LogP contribution in [0.1, 0.15) is 26.2 Å². The molecule has 3 nitrogen and oxygen atoms in total. The molecule has 0 spiro atoms. The van der Waals surface area contributed by atoms with Crippen molar-refractivity contribution in [3.8, 4) is 0 Å². The smallest absolute Gasteiger partial charge is 0.240 e. The summed E-state index contributed by atoms with van der Waals surface area (Å²) in [6.07, 6.45) is 2.93. The maximum Gasteiger partial charge on any atom is 0.240 e. The first kappa shape index (κ1) is 11.8. The Morgan fingerprint density at radius 3 is 3.00 bits per heavy atom. The Hall–Kier alpha value is -0.280. The number of rotatable bonds is 3. The van der Waals surface area contributed by atoms with Gasteiger partial charge in [-0.2, -0.15) is 0 Å². The molecular formula is C10H18ClNO2. The summed E-state index contributed by atoms with van der Waals surface area (Å²) in [5.41, 5.74) is 0. The van der Waals surface area contributed by atoms with Crippen LogP contribution in [-0.2, 0) is 9.53 Å². The van der Waals surface area contributed by atoms with Crippen molar-refractivity contribution in [1.29, 1.82) is 0 Å². The van der Waals surface area contributed by atoms with Gasteiger partial charge in [-0.25, -0.2) is 0 Å². The summed E-state index contributed by atoms with van der Waals surface area (Å²) in [6, 6.07) is 0. The molecule has 2 atom stereocenters. The standard InChI is InChI=1S/C10H18ClNO2/c1-3-9(11)10(13)12-6-4-5-8(7-12)14-2/h8-9H,3-7H2,1-2H3/t8-,9+/m1/s1. The van der Waals surface area contributed by atoms with Gasteiger partial charge in [-0.3, -0.25) is 4.79 Å². The Balaban J connectivity index is 2.47. The quantitative estimate of drug-likeness (QED) is 0.676. The lowest BCUT2D eigenvalue weighted by Gasteiger charge is -2.32. The normalized spacial score (nSPS) is 24.8. The minimum absolute atomic E-state index is 0.0518. The Morgan fingerprint density at radius 1 is 1.71 bits per heavy atom. The van der Waals surface area contributed by atoms with Crippen molar-refractivity contribution < 1.29 is 9.53 Å². The van der Waals surface area contributed by atoms with E-state index in [1.165, 1.54) is 0 Å². The molecule has 0 aromatic carbocycles. The highest BCUT2D eigenvalue weighted by molar-refractivity contribution is 6.30. The molecule has 4 heteroatoms. The molecule has 0 unspecified atom stereocenters. The van der Waals surface area contributed by atoms with Gasteiger partial charge >= 0.3 is 0 Å². The molecule has 1 aliphatic rings. The summed E-state index contributed by atoms with van der Waals surface area (Å²) in [4.78, 5) is 13.5. The predicted molar refractivity (Wildman–Crippen MR) is 56.5 cm³/mol. The first-order valence-electron chi connectivity index (χ1n) is 5.14. The lowest BCUT2D eigenvalue weighted by atomic mass is 10.1. The van der Waals surface area contributed by atoms with Crippen molar-refractivity contribution in [2.45, 2.75) is 37.7 Å². The summed E-state index contributed by atoms with van der Waals surface area (Å²) in [5.74, 6) is 0.0518. The second kappa shape index (κ2) is 5.56. The van der Waals surface area contributed by atoms with Gasteiger partial charge in [-0.15, -0.1) is 11.6 Å². The fraction of sp³-hybridized carbons (Fsp3) is 0.900. The molecule has 14 heavy (non-hydrogen) atoms. The molecule has 1 heterocycles. The Kier molecular flexibility index (Phi) is 4.69. The topological polar surface area (TPSA) is 29.5 Å². The number of alkyl halides is 1. The Bertz CT molecular complexity index is 199. The van der Waals surface area contributed by atoms with Gasteiger partial charge in [-0.1, -0.05) is 6.92 Å². The van der Waals surface area contributed by atoms with Crippen molar-refractivity contribution in [2.75, 3.05) is 20.2 Å². The van der Waals surface area contributed by atoms with Crippen LogP contribution in [0.3, 0.4) is 0 Å². The molecule has 0 aliphatic carbocycles. The number of likely N-dealkylation sites (tertiary alicyclic amines) is 1. The monoisotopic (exact) mass is 219 g/mol. The Morgan fingerprint density at radius 2 is 2.43 bits per heavy atom. The van der Waals surface area contributed by atoms with Crippen LogP contribution >= 0.6 is 11.6 Å². The molecule has 82 valence electrons. The maximum absolute atomic E-state index is 11.7. The maximum atomic E-state index is 11.7. The van der Waals surface area contributed by atoms with Crippen LogP contribution in [-0.4, -0.2) is 42.5 Å². The van der Waals surface area contributed by atoms with Crippen LogP contribution in [0.2, 0.25) is 0 Å². The zero-order valence-electron chi connectivity index (χ0n) is 8.83. The van der Waals surface area contributed by atoms with Gasteiger partial charge in [0, 0.05) is 20.2 Å². The summed E-state index contributed by atoms with van der Waals surface area (Å²) < 4.78 is 5.25. The molecule has 0 aromatic heterocycles. The van der Waals surface area contributed by atoms with Crippen LogP contribution in [0, 0.1) is 0 Å². The van der Waals surface area contributed by atoms with Gasteiger partial charge < -0.3 is 9.64 Å².